The average molecular weight is 576 g/mol. The van der Waals surface area contributed by atoms with E-state index >= 15 is 0 Å². The first-order chi connectivity index (χ1) is 18.1. The highest BCUT2D eigenvalue weighted by molar-refractivity contribution is 9.10. The molecule has 0 bridgehead atoms. The van der Waals surface area contributed by atoms with E-state index in [-0.39, 0.29) is 17.6 Å². The van der Waals surface area contributed by atoms with Gasteiger partial charge in [-0.25, -0.2) is 4.39 Å². The smallest absolute Gasteiger partial charge is 0.222 e. The summed E-state index contributed by atoms with van der Waals surface area (Å²) in [5.41, 5.74) is 3.32. The maximum Gasteiger partial charge on any atom is 0.222 e. The number of methoxy groups -OCH3 is 1. The first-order valence-electron chi connectivity index (χ1n) is 13.9. The SMILES string of the molecule is CC.CC.COCCCn1c(C2CCCN(C(=O)CCCc3ccc(Br)cc3)C2)cc2c(F)cccc21. The van der Waals surface area contributed by atoms with Crippen LogP contribution in [0.5, 0.6) is 0 Å². The van der Waals surface area contributed by atoms with Gasteiger partial charge in [-0.15, -0.1) is 0 Å². The number of piperidine rings is 1. The number of nitrogens with zero attached hydrogens (tertiary/aromatic N) is 2. The Labute approximate surface area is 231 Å². The third-order valence-corrected chi connectivity index (χ3v) is 7.15. The molecule has 3 aromatic rings. The summed E-state index contributed by atoms with van der Waals surface area (Å²) in [6, 6.07) is 15.6. The monoisotopic (exact) mass is 574 g/mol. The van der Waals surface area contributed by atoms with Crippen molar-refractivity contribution in [3.63, 3.8) is 0 Å². The molecule has 1 aromatic heterocycles. The van der Waals surface area contributed by atoms with Crippen LogP contribution in [0.25, 0.3) is 10.9 Å². The van der Waals surface area contributed by atoms with Gasteiger partial charge in [0, 0.05) is 61.2 Å². The lowest BCUT2D eigenvalue weighted by Crippen LogP contribution is -2.39. The lowest BCUT2D eigenvalue weighted by molar-refractivity contribution is -0.132. The number of benzene rings is 2. The van der Waals surface area contributed by atoms with Crippen molar-refractivity contribution in [1.29, 1.82) is 0 Å². The molecule has 4 nitrogen and oxygen atoms in total. The van der Waals surface area contributed by atoms with Crippen LogP contribution in [0, 0.1) is 5.82 Å². The molecule has 0 aliphatic carbocycles. The lowest BCUT2D eigenvalue weighted by atomic mass is 9.94. The maximum atomic E-state index is 14.5. The van der Waals surface area contributed by atoms with Crippen LogP contribution in [0.3, 0.4) is 0 Å². The zero-order valence-electron chi connectivity index (χ0n) is 23.2. The number of hydrogen-bond donors (Lipinski definition) is 0. The van der Waals surface area contributed by atoms with E-state index in [0.717, 1.165) is 60.9 Å². The van der Waals surface area contributed by atoms with Gasteiger partial charge in [-0.05, 0) is 68.0 Å². The quantitative estimate of drug-likeness (QED) is 0.240. The molecule has 1 unspecified atom stereocenters. The minimum atomic E-state index is -0.184. The zero-order chi connectivity index (χ0) is 27.2. The molecule has 1 aliphatic rings. The molecule has 2 heterocycles. The van der Waals surface area contributed by atoms with Gasteiger partial charge in [0.2, 0.25) is 5.91 Å². The number of halogens is 2. The van der Waals surface area contributed by atoms with Crippen LogP contribution in [-0.2, 0) is 22.5 Å². The van der Waals surface area contributed by atoms with Gasteiger partial charge in [-0.2, -0.15) is 0 Å². The molecule has 0 N–H and O–H groups in total. The first-order valence-corrected chi connectivity index (χ1v) is 14.6. The van der Waals surface area contributed by atoms with Crippen LogP contribution in [0.2, 0.25) is 0 Å². The molecule has 0 spiro atoms. The molecule has 37 heavy (non-hydrogen) atoms. The van der Waals surface area contributed by atoms with Crippen molar-refractivity contribution in [3.8, 4) is 0 Å². The summed E-state index contributed by atoms with van der Waals surface area (Å²) >= 11 is 3.46. The van der Waals surface area contributed by atoms with Crippen molar-refractivity contribution in [2.75, 3.05) is 26.8 Å². The van der Waals surface area contributed by atoms with Crippen molar-refractivity contribution in [2.45, 2.75) is 78.7 Å². The number of fused-ring (bicyclic) bond motifs is 1. The largest absolute Gasteiger partial charge is 0.385 e. The van der Waals surface area contributed by atoms with Gasteiger partial charge in [0.25, 0.3) is 0 Å². The second-order valence-corrected chi connectivity index (χ2v) is 9.81. The minimum absolute atomic E-state index is 0.184. The summed E-state index contributed by atoms with van der Waals surface area (Å²) in [4.78, 5) is 15.0. The number of likely N-dealkylation sites (tertiary alicyclic amines) is 1. The predicted octanol–water partition coefficient (Wildman–Crippen LogP) is 8.36. The van der Waals surface area contributed by atoms with Gasteiger partial charge in [-0.3, -0.25) is 4.79 Å². The summed E-state index contributed by atoms with van der Waals surface area (Å²) in [5.74, 6) is 0.268. The molecule has 1 aliphatic heterocycles. The fourth-order valence-electron chi connectivity index (χ4n) is 4.92. The predicted molar refractivity (Wildman–Crippen MR) is 157 cm³/mol. The molecule has 4 rings (SSSR count). The molecule has 1 fully saturated rings. The molecular weight excluding hydrogens is 531 g/mol. The molecule has 204 valence electrons. The van der Waals surface area contributed by atoms with Crippen LogP contribution in [0.1, 0.15) is 77.0 Å². The fraction of sp³-hybridized carbons (Fsp3) is 0.516. The molecule has 2 aromatic carbocycles. The highest BCUT2D eigenvalue weighted by atomic mass is 79.9. The number of rotatable bonds is 9. The topological polar surface area (TPSA) is 34.5 Å². The highest BCUT2D eigenvalue weighted by Gasteiger charge is 2.27. The number of carbonyl (C=O) groups excluding carboxylic acids is 1. The van der Waals surface area contributed by atoms with Crippen LogP contribution in [0.4, 0.5) is 4.39 Å². The third-order valence-electron chi connectivity index (χ3n) is 6.62. The molecular formula is C31H44BrFN2O2. The normalized spacial score (nSPS) is 15.0. The second-order valence-electron chi connectivity index (χ2n) is 8.90. The van der Waals surface area contributed by atoms with Gasteiger partial charge in [-0.1, -0.05) is 61.8 Å². The number of carbonyl (C=O) groups is 1. The molecule has 6 heteroatoms. The molecule has 1 saturated heterocycles. The average Bonchev–Trinajstić information content (AvgIpc) is 3.32. The Balaban J connectivity index is 0.00000115. The summed E-state index contributed by atoms with van der Waals surface area (Å²) in [6.07, 6.45) is 5.19. The number of ether oxygens (including phenoxy) is 1. The number of amides is 1. The van der Waals surface area contributed by atoms with Crippen molar-refractivity contribution >= 4 is 32.7 Å². The fourth-order valence-corrected chi connectivity index (χ4v) is 5.19. The van der Waals surface area contributed by atoms with E-state index in [4.69, 9.17) is 4.74 Å². The Morgan fingerprint density at radius 3 is 2.51 bits per heavy atom. The molecule has 1 amide bonds. The maximum absolute atomic E-state index is 14.5. The second kappa shape index (κ2) is 16.6. The van der Waals surface area contributed by atoms with E-state index in [1.165, 1.54) is 11.6 Å². The summed E-state index contributed by atoms with van der Waals surface area (Å²) in [5, 5.41) is 0.669. The Kier molecular flexibility index (Phi) is 13.9. The van der Waals surface area contributed by atoms with Crippen molar-refractivity contribution in [1.82, 2.24) is 9.47 Å². The summed E-state index contributed by atoms with van der Waals surface area (Å²) in [7, 11) is 1.70. The Bertz CT molecular complexity index is 1080. The Hall–Kier alpha value is -2.18. The van der Waals surface area contributed by atoms with Gasteiger partial charge in [0.05, 0.1) is 5.52 Å². The zero-order valence-corrected chi connectivity index (χ0v) is 24.8. The first kappa shape index (κ1) is 31.0. The van der Waals surface area contributed by atoms with Gasteiger partial charge in [0.15, 0.2) is 0 Å². The Morgan fingerprint density at radius 2 is 1.81 bits per heavy atom. The van der Waals surface area contributed by atoms with E-state index in [2.05, 4.69) is 32.6 Å². The number of aryl methyl sites for hydroxylation is 2. The molecule has 1 atom stereocenters. The van der Waals surface area contributed by atoms with Gasteiger partial charge >= 0.3 is 0 Å². The van der Waals surface area contributed by atoms with Crippen molar-refractivity contribution < 1.29 is 13.9 Å². The van der Waals surface area contributed by atoms with Crippen molar-refractivity contribution in [2.24, 2.45) is 0 Å². The van der Waals surface area contributed by atoms with Crippen molar-refractivity contribution in [3.05, 3.63) is 70.1 Å². The van der Waals surface area contributed by atoms with Crippen LogP contribution in [0.15, 0.2) is 53.0 Å². The standard InChI is InChI=1S/C27H32BrFN2O2.2C2H6/c1-33-17-5-16-31-25-9-3-8-24(29)23(25)18-26(31)21-7-4-15-30(19-21)27(32)10-2-6-20-11-13-22(28)14-12-20;2*1-2/h3,8-9,11-14,18,21H,2,4-7,10,15-17,19H2,1H3;2*1-2H3. The van der Waals surface area contributed by atoms with E-state index in [0.29, 0.717) is 25.0 Å². The highest BCUT2D eigenvalue weighted by Crippen LogP contribution is 2.33. The molecule has 0 saturated carbocycles. The third kappa shape index (κ3) is 8.68. The van der Waals surface area contributed by atoms with Crippen LogP contribution < -0.4 is 0 Å². The van der Waals surface area contributed by atoms with E-state index in [1.54, 1.807) is 13.2 Å². The number of hydrogen-bond acceptors (Lipinski definition) is 2. The van der Waals surface area contributed by atoms with Gasteiger partial charge < -0.3 is 14.2 Å². The van der Waals surface area contributed by atoms with E-state index in [9.17, 15) is 9.18 Å². The summed E-state index contributed by atoms with van der Waals surface area (Å²) < 4.78 is 23.1. The minimum Gasteiger partial charge on any atom is -0.385 e. The summed E-state index contributed by atoms with van der Waals surface area (Å²) in [6.45, 7) is 11.0. The number of aromatic nitrogens is 1. The Morgan fingerprint density at radius 1 is 1.08 bits per heavy atom. The lowest BCUT2D eigenvalue weighted by Gasteiger charge is -2.33. The van der Waals surface area contributed by atoms with Crippen LogP contribution in [-0.4, -0.2) is 42.2 Å². The van der Waals surface area contributed by atoms with Crippen LogP contribution >= 0.6 is 15.9 Å². The molecule has 0 radical (unpaired) electrons. The van der Waals surface area contributed by atoms with Gasteiger partial charge in [0.1, 0.15) is 5.82 Å². The van der Waals surface area contributed by atoms with E-state index < -0.39 is 0 Å². The van der Waals surface area contributed by atoms with E-state index in [1.807, 2.05) is 56.9 Å².